The van der Waals surface area contributed by atoms with E-state index in [1.165, 1.54) is 6.42 Å². The molecule has 1 aliphatic rings. The van der Waals surface area contributed by atoms with Crippen LogP contribution in [0.25, 0.3) is 0 Å². The molecule has 7 heteroatoms. The minimum absolute atomic E-state index is 0.0246. The fourth-order valence-corrected chi connectivity index (χ4v) is 3.11. The van der Waals surface area contributed by atoms with Gasteiger partial charge in [-0.3, -0.25) is 14.4 Å². The number of hydrogen-bond acceptors (Lipinski definition) is 4. The first-order valence-corrected chi connectivity index (χ1v) is 9.41. The molecule has 1 aliphatic carbocycles. The molecule has 0 aliphatic heterocycles. The van der Waals surface area contributed by atoms with Gasteiger partial charge in [0, 0.05) is 29.6 Å². The molecule has 26 heavy (non-hydrogen) atoms. The lowest BCUT2D eigenvalue weighted by atomic mass is 9.95. The van der Waals surface area contributed by atoms with Gasteiger partial charge < -0.3 is 15.4 Å². The van der Waals surface area contributed by atoms with Crippen molar-refractivity contribution in [3.8, 4) is 0 Å². The van der Waals surface area contributed by atoms with E-state index in [4.69, 9.17) is 16.3 Å². The minimum Gasteiger partial charge on any atom is -0.456 e. The van der Waals surface area contributed by atoms with Crippen LogP contribution in [0.3, 0.4) is 0 Å². The zero-order valence-electron chi connectivity index (χ0n) is 14.8. The van der Waals surface area contributed by atoms with E-state index in [0.29, 0.717) is 23.6 Å². The molecule has 0 atom stereocenters. The second-order valence-corrected chi connectivity index (χ2v) is 6.91. The molecule has 0 aromatic heterocycles. The molecule has 0 radical (unpaired) electrons. The molecule has 0 saturated heterocycles. The number of hydrogen-bond donors (Lipinski definition) is 2. The molecule has 0 bridgehead atoms. The van der Waals surface area contributed by atoms with Crippen LogP contribution in [-0.4, -0.2) is 30.4 Å². The number of carbonyl (C=O) groups excluding carboxylic acids is 3. The van der Waals surface area contributed by atoms with Gasteiger partial charge in [-0.25, -0.2) is 0 Å². The van der Waals surface area contributed by atoms with Crippen LogP contribution in [0.5, 0.6) is 0 Å². The van der Waals surface area contributed by atoms with Gasteiger partial charge in [-0.15, -0.1) is 0 Å². The van der Waals surface area contributed by atoms with Crippen LogP contribution in [0, 0.1) is 0 Å². The van der Waals surface area contributed by atoms with Crippen molar-refractivity contribution in [2.24, 2.45) is 0 Å². The van der Waals surface area contributed by atoms with Crippen LogP contribution in [0.4, 0.5) is 5.69 Å². The fraction of sp³-hybridized carbons (Fsp3) is 0.526. The third-order valence-corrected chi connectivity index (χ3v) is 4.46. The van der Waals surface area contributed by atoms with Gasteiger partial charge >= 0.3 is 5.97 Å². The topological polar surface area (TPSA) is 84.5 Å². The molecule has 0 unspecified atom stereocenters. The number of rotatable bonds is 8. The Hall–Kier alpha value is -2.08. The van der Waals surface area contributed by atoms with Crippen molar-refractivity contribution in [2.45, 2.75) is 57.4 Å². The molecule has 1 aromatic carbocycles. The molecule has 6 nitrogen and oxygen atoms in total. The summed E-state index contributed by atoms with van der Waals surface area (Å²) in [6.45, 7) is -0.361. The van der Waals surface area contributed by atoms with Crippen molar-refractivity contribution in [2.75, 3.05) is 11.9 Å². The van der Waals surface area contributed by atoms with Gasteiger partial charge in [-0.2, -0.15) is 0 Å². The van der Waals surface area contributed by atoms with Crippen molar-refractivity contribution < 1.29 is 19.1 Å². The van der Waals surface area contributed by atoms with Gasteiger partial charge in [0.1, 0.15) is 0 Å². The average molecular weight is 381 g/mol. The fourth-order valence-electron chi connectivity index (χ4n) is 2.92. The summed E-state index contributed by atoms with van der Waals surface area (Å²) < 4.78 is 4.92. The lowest BCUT2D eigenvalue weighted by molar-refractivity contribution is -0.147. The van der Waals surface area contributed by atoms with Crippen molar-refractivity contribution in [1.29, 1.82) is 0 Å². The van der Waals surface area contributed by atoms with E-state index in [1.54, 1.807) is 24.3 Å². The predicted molar refractivity (Wildman–Crippen MR) is 99.9 cm³/mol. The lowest BCUT2D eigenvalue weighted by Gasteiger charge is -2.22. The number of esters is 1. The summed E-state index contributed by atoms with van der Waals surface area (Å²) in [5.41, 5.74) is 0.540. The highest BCUT2D eigenvalue weighted by Gasteiger charge is 2.16. The summed E-state index contributed by atoms with van der Waals surface area (Å²) in [6, 6.07) is 6.98. The first-order valence-electron chi connectivity index (χ1n) is 9.03. The Labute approximate surface area is 158 Å². The summed E-state index contributed by atoms with van der Waals surface area (Å²) in [4.78, 5) is 35.3. The second-order valence-electron chi connectivity index (χ2n) is 6.48. The quantitative estimate of drug-likeness (QED) is 0.676. The van der Waals surface area contributed by atoms with Crippen LogP contribution in [0.15, 0.2) is 24.3 Å². The number of nitrogens with one attached hydrogen (secondary N) is 2. The standard InChI is InChI=1S/C19H25ClN2O4/c20-14-6-4-9-16(12-14)22-18(24)13-26-19(25)11-5-10-17(23)21-15-7-2-1-3-8-15/h4,6,9,12,15H,1-3,5,7-8,10-11,13H2,(H,21,23)(H,22,24). The monoisotopic (exact) mass is 380 g/mol. The first-order chi connectivity index (χ1) is 12.5. The highest BCUT2D eigenvalue weighted by molar-refractivity contribution is 6.30. The van der Waals surface area contributed by atoms with Crippen molar-refractivity contribution in [3.63, 3.8) is 0 Å². The first kappa shape index (κ1) is 20.2. The van der Waals surface area contributed by atoms with Crippen LogP contribution < -0.4 is 10.6 Å². The van der Waals surface area contributed by atoms with Crippen molar-refractivity contribution in [1.82, 2.24) is 5.32 Å². The highest BCUT2D eigenvalue weighted by atomic mass is 35.5. The van der Waals surface area contributed by atoms with Crippen LogP contribution in [-0.2, 0) is 19.1 Å². The van der Waals surface area contributed by atoms with Gasteiger partial charge in [-0.1, -0.05) is 36.9 Å². The van der Waals surface area contributed by atoms with E-state index >= 15 is 0 Å². The molecule has 2 amide bonds. The maximum Gasteiger partial charge on any atom is 0.306 e. The van der Waals surface area contributed by atoms with E-state index in [9.17, 15) is 14.4 Å². The van der Waals surface area contributed by atoms with Crippen LogP contribution >= 0.6 is 11.6 Å². The molecule has 142 valence electrons. The number of anilines is 1. The van der Waals surface area contributed by atoms with E-state index in [2.05, 4.69) is 10.6 Å². The Morgan fingerprint density at radius 3 is 2.58 bits per heavy atom. The average Bonchev–Trinajstić information content (AvgIpc) is 2.61. The third-order valence-electron chi connectivity index (χ3n) is 4.23. The molecule has 0 spiro atoms. The maximum atomic E-state index is 11.9. The highest BCUT2D eigenvalue weighted by Crippen LogP contribution is 2.17. The number of halogens is 1. The van der Waals surface area contributed by atoms with Gasteiger partial charge in [0.15, 0.2) is 6.61 Å². The zero-order valence-corrected chi connectivity index (χ0v) is 15.5. The normalized spacial score (nSPS) is 14.5. The zero-order chi connectivity index (χ0) is 18.8. The molecular formula is C19H25ClN2O4. The SMILES string of the molecule is O=C(COC(=O)CCCC(=O)NC1CCCCC1)Nc1cccc(Cl)c1. The Morgan fingerprint density at radius 1 is 1.08 bits per heavy atom. The molecule has 1 saturated carbocycles. The van der Waals surface area contributed by atoms with Gasteiger partial charge in [0.05, 0.1) is 0 Å². The van der Waals surface area contributed by atoms with E-state index in [1.807, 2.05) is 0 Å². The number of amides is 2. The Balaban J connectivity index is 1.56. The van der Waals surface area contributed by atoms with Gasteiger partial charge in [-0.05, 0) is 37.5 Å². The second kappa shape index (κ2) is 10.8. The molecule has 2 rings (SSSR count). The predicted octanol–water partition coefficient (Wildman–Crippen LogP) is 3.44. The van der Waals surface area contributed by atoms with E-state index in [-0.39, 0.29) is 25.0 Å². The molecule has 1 fully saturated rings. The summed E-state index contributed by atoms with van der Waals surface area (Å²) in [5.74, 6) is -0.948. The van der Waals surface area contributed by atoms with Gasteiger partial charge in [0.2, 0.25) is 5.91 Å². The Morgan fingerprint density at radius 2 is 1.85 bits per heavy atom. The van der Waals surface area contributed by atoms with Crippen molar-refractivity contribution >= 4 is 35.1 Å². The van der Waals surface area contributed by atoms with Gasteiger partial charge in [0.25, 0.3) is 5.91 Å². The molecule has 2 N–H and O–H groups in total. The molecular weight excluding hydrogens is 356 g/mol. The summed E-state index contributed by atoms with van der Waals surface area (Å²) in [6.07, 6.45) is 6.45. The Kier molecular flexibility index (Phi) is 8.41. The smallest absolute Gasteiger partial charge is 0.306 e. The largest absolute Gasteiger partial charge is 0.456 e. The van der Waals surface area contributed by atoms with Crippen molar-refractivity contribution in [3.05, 3.63) is 29.3 Å². The number of benzene rings is 1. The Bertz CT molecular complexity index is 630. The summed E-state index contributed by atoms with van der Waals surface area (Å²) in [7, 11) is 0. The summed E-state index contributed by atoms with van der Waals surface area (Å²) >= 11 is 5.83. The maximum absolute atomic E-state index is 11.9. The number of carbonyl (C=O) groups is 3. The summed E-state index contributed by atoms with van der Waals surface area (Å²) in [5, 5.41) is 6.11. The lowest BCUT2D eigenvalue weighted by Crippen LogP contribution is -2.36. The number of ether oxygens (including phenoxy) is 1. The van der Waals surface area contributed by atoms with E-state index < -0.39 is 11.9 Å². The van der Waals surface area contributed by atoms with Crippen LogP contribution in [0.1, 0.15) is 51.4 Å². The van der Waals surface area contributed by atoms with E-state index in [0.717, 1.165) is 25.7 Å². The van der Waals surface area contributed by atoms with Crippen LogP contribution in [0.2, 0.25) is 5.02 Å². The molecule has 0 heterocycles. The minimum atomic E-state index is -0.489. The molecule has 1 aromatic rings. The third kappa shape index (κ3) is 7.87.